The summed E-state index contributed by atoms with van der Waals surface area (Å²) in [7, 11) is 0. The Hall–Kier alpha value is -3.99. The van der Waals surface area contributed by atoms with Gasteiger partial charge in [-0.15, -0.1) is 0 Å². The first kappa shape index (κ1) is 25.1. The zero-order chi connectivity index (χ0) is 25.5. The molecule has 0 aromatic heterocycles. The van der Waals surface area contributed by atoms with E-state index in [2.05, 4.69) is 6.58 Å². The summed E-state index contributed by atoms with van der Waals surface area (Å²) in [5.74, 6) is 0.617. The van der Waals surface area contributed by atoms with Crippen molar-refractivity contribution in [3.05, 3.63) is 119 Å². The van der Waals surface area contributed by atoms with E-state index in [-0.39, 0.29) is 11.6 Å². The molecule has 0 saturated carbocycles. The van der Waals surface area contributed by atoms with E-state index in [1.807, 2.05) is 48.5 Å². The number of nitrogens with two attached hydrogens (primary N) is 1. The van der Waals surface area contributed by atoms with Gasteiger partial charge in [0.2, 0.25) is 0 Å². The predicted molar refractivity (Wildman–Crippen MR) is 140 cm³/mol. The summed E-state index contributed by atoms with van der Waals surface area (Å²) in [6.45, 7) is 3.58. The number of amides is 1. The lowest BCUT2D eigenvalue weighted by Crippen LogP contribution is -2.13. The Bertz CT molecular complexity index is 1290. The van der Waals surface area contributed by atoms with Crippen LogP contribution >= 0.6 is 0 Å². The molecule has 0 radical (unpaired) electrons. The maximum atomic E-state index is 13.4. The summed E-state index contributed by atoms with van der Waals surface area (Å²) in [5, 5.41) is 0. The Labute approximate surface area is 211 Å². The van der Waals surface area contributed by atoms with E-state index in [1.165, 1.54) is 18.2 Å². The molecule has 2 N–H and O–H groups in total. The smallest absolute Gasteiger partial charge is 0.252 e. The molecule has 5 heteroatoms. The second-order valence-corrected chi connectivity index (χ2v) is 9.23. The van der Waals surface area contributed by atoms with Crippen molar-refractivity contribution in [1.82, 2.24) is 0 Å². The van der Waals surface area contributed by atoms with Crippen LogP contribution in [0.2, 0.25) is 0 Å². The molecule has 0 spiro atoms. The summed E-state index contributed by atoms with van der Waals surface area (Å²) in [6, 6.07) is 19.6. The number of carbonyl (C=O) groups is 2. The van der Waals surface area contributed by atoms with Crippen molar-refractivity contribution in [3.63, 3.8) is 0 Å². The number of ether oxygens (including phenoxy) is 1. The van der Waals surface area contributed by atoms with E-state index < -0.39 is 5.91 Å². The van der Waals surface area contributed by atoms with Gasteiger partial charge in [-0.2, -0.15) is 0 Å². The van der Waals surface area contributed by atoms with E-state index in [4.69, 9.17) is 10.5 Å². The lowest BCUT2D eigenvalue weighted by atomic mass is 9.90. The van der Waals surface area contributed by atoms with E-state index in [9.17, 15) is 14.0 Å². The van der Waals surface area contributed by atoms with Crippen molar-refractivity contribution >= 4 is 11.7 Å². The molecular formula is C31H30FNO3. The molecule has 4 nitrogen and oxygen atoms in total. The number of hydrogen-bond acceptors (Lipinski definition) is 3. The highest BCUT2D eigenvalue weighted by Gasteiger charge is 2.18. The lowest BCUT2D eigenvalue weighted by molar-refractivity contribution is -0.111. The number of allylic oxidation sites excluding steroid dienone is 3. The Morgan fingerprint density at radius 3 is 2.50 bits per heavy atom. The maximum Gasteiger partial charge on any atom is 0.252 e. The van der Waals surface area contributed by atoms with Gasteiger partial charge in [0.15, 0.2) is 5.78 Å². The molecule has 36 heavy (non-hydrogen) atoms. The fraction of sp³-hybridized carbons (Fsp3) is 0.226. The topological polar surface area (TPSA) is 69.4 Å². The van der Waals surface area contributed by atoms with Gasteiger partial charge < -0.3 is 10.5 Å². The first-order valence-corrected chi connectivity index (χ1v) is 12.2. The average Bonchev–Trinajstić information content (AvgIpc) is 3.11. The van der Waals surface area contributed by atoms with Crippen molar-refractivity contribution in [2.24, 2.45) is 11.7 Å². The van der Waals surface area contributed by atoms with E-state index in [0.717, 1.165) is 54.4 Å². The molecule has 1 amide bonds. The fourth-order valence-electron chi connectivity index (χ4n) is 4.66. The largest absolute Gasteiger partial charge is 0.457 e. The molecule has 1 aliphatic rings. The van der Waals surface area contributed by atoms with Crippen molar-refractivity contribution in [2.75, 3.05) is 0 Å². The number of halogens is 1. The standard InChI is InChI=1S/C31H30FNO3/c1-2-29(34)25-7-3-5-21(9-13-25)17-24-12-16-30(28(20-24)31(33)35)36-27-14-10-22(11-15-27)18-23-6-4-8-26(32)19-23/h2,4,6-8,10-12,14-16,19-21H,1,3,5,9,13,17-18H2,(H2,33,35). The second-order valence-electron chi connectivity index (χ2n) is 9.23. The summed E-state index contributed by atoms with van der Waals surface area (Å²) in [4.78, 5) is 24.1. The highest BCUT2D eigenvalue weighted by molar-refractivity contribution is 6.03. The monoisotopic (exact) mass is 483 g/mol. The lowest BCUT2D eigenvalue weighted by Gasteiger charge is -2.16. The third-order valence-electron chi connectivity index (χ3n) is 6.57. The van der Waals surface area contributed by atoms with Crippen molar-refractivity contribution in [2.45, 2.75) is 38.5 Å². The van der Waals surface area contributed by atoms with Crippen LogP contribution in [0, 0.1) is 11.7 Å². The van der Waals surface area contributed by atoms with Crippen LogP contribution in [-0.4, -0.2) is 11.7 Å². The molecule has 3 aromatic carbocycles. The molecule has 0 heterocycles. The molecule has 4 rings (SSSR count). The van der Waals surface area contributed by atoms with Crippen LogP contribution in [-0.2, 0) is 17.6 Å². The molecule has 1 atom stereocenters. The van der Waals surface area contributed by atoms with Gasteiger partial charge in [-0.1, -0.05) is 43.0 Å². The Morgan fingerprint density at radius 1 is 1.00 bits per heavy atom. The van der Waals surface area contributed by atoms with Gasteiger partial charge in [-0.05, 0) is 109 Å². The third kappa shape index (κ3) is 6.57. The van der Waals surface area contributed by atoms with Crippen LogP contribution in [0.1, 0.15) is 52.7 Å². The van der Waals surface area contributed by atoms with E-state index in [0.29, 0.717) is 29.4 Å². The van der Waals surface area contributed by atoms with Crippen molar-refractivity contribution in [1.29, 1.82) is 0 Å². The predicted octanol–water partition coefficient (Wildman–Crippen LogP) is 6.72. The Kier molecular flexibility index (Phi) is 8.11. The molecule has 184 valence electrons. The first-order chi connectivity index (χ1) is 17.4. The van der Waals surface area contributed by atoms with Crippen LogP contribution in [0.3, 0.4) is 0 Å². The number of ketones is 1. The van der Waals surface area contributed by atoms with Gasteiger partial charge in [0.1, 0.15) is 17.3 Å². The minimum absolute atomic E-state index is 0.00941. The zero-order valence-corrected chi connectivity index (χ0v) is 20.2. The summed E-state index contributed by atoms with van der Waals surface area (Å²) in [5.41, 5.74) is 9.79. The highest BCUT2D eigenvalue weighted by Crippen LogP contribution is 2.30. The molecule has 0 bridgehead atoms. The number of primary amides is 1. The van der Waals surface area contributed by atoms with Gasteiger partial charge >= 0.3 is 0 Å². The molecule has 1 aliphatic carbocycles. The van der Waals surface area contributed by atoms with Crippen molar-refractivity contribution in [3.8, 4) is 11.5 Å². The van der Waals surface area contributed by atoms with Gasteiger partial charge in [0.05, 0.1) is 5.56 Å². The fourth-order valence-corrected chi connectivity index (χ4v) is 4.66. The summed E-state index contributed by atoms with van der Waals surface area (Å²) >= 11 is 0. The van der Waals surface area contributed by atoms with Gasteiger partial charge in [-0.25, -0.2) is 4.39 Å². The second kappa shape index (κ2) is 11.6. The molecule has 3 aromatic rings. The maximum absolute atomic E-state index is 13.4. The first-order valence-electron chi connectivity index (χ1n) is 12.2. The minimum Gasteiger partial charge on any atom is -0.457 e. The van der Waals surface area contributed by atoms with Crippen LogP contribution in [0.15, 0.2) is 91.0 Å². The van der Waals surface area contributed by atoms with E-state index in [1.54, 1.807) is 12.1 Å². The van der Waals surface area contributed by atoms with Gasteiger partial charge in [0.25, 0.3) is 5.91 Å². The van der Waals surface area contributed by atoms with Crippen LogP contribution in [0.5, 0.6) is 11.5 Å². The number of rotatable bonds is 9. The Balaban J connectivity index is 1.42. The number of hydrogen-bond donors (Lipinski definition) is 1. The molecule has 0 saturated heterocycles. The molecular weight excluding hydrogens is 453 g/mol. The van der Waals surface area contributed by atoms with Gasteiger partial charge in [0, 0.05) is 0 Å². The van der Waals surface area contributed by atoms with E-state index >= 15 is 0 Å². The SMILES string of the molecule is C=CC(=O)C1=CCCC(Cc2ccc(Oc3ccc(Cc4cccc(F)c4)cc3)c(C(N)=O)c2)CC1. The highest BCUT2D eigenvalue weighted by atomic mass is 19.1. The number of carbonyl (C=O) groups excluding carboxylic acids is 2. The summed E-state index contributed by atoms with van der Waals surface area (Å²) in [6.07, 6.45) is 8.32. The summed E-state index contributed by atoms with van der Waals surface area (Å²) < 4.78 is 19.4. The van der Waals surface area contributed by atoms with Crippen molar-refractivity contribution < 1.29 is 18.7 Å². The third-order valence-corrected chi connectivity index (χ3v) is 6.57. The number of benzene rings is 3. The van der Waals surface area contributed by atoms with Crippen LogP contribution in [0.25, 0.3) is 0 Å². The molecule has 0 fully saturated rings. The molecule has 0 aliphatic heterocycles. The van der Waals surface area contributed by atoms with Gasteiger partial charge in [-0.3, -0.25) is 9.59 Å². The quantitative estimate of drug-likeness (QED) is 0.343. The Morgan fingerprint density at radius 2 is 1.78 bits per heavy atom. The zero-order valence-electron chi connectivity index (χ0n) is 20.2. The normalized spacial score (nSPS) is 15.5. The van der Waals surface area contributed by atoms with Crippen LogP contribution < -0.4 is 10.5 Å². The minimum atomic E-state index is -0.545. The average molecular weight is 484 g/mol. The molecule has 1 unspecified atom stereocenters. The van der Waals surface area contributed by atoms with Crippen LogP contribution in [0.4, 0.5) is 4.39 Å².